The lowest BCUT2D eigenvalue weighted by atomic mass is 10.2. The summed E-state index contributed by atoms with van der Waals surface area (Å²) in [6, 6.07) is 6.12. The number of rotatable bonds is 9. The van der Waals surface area contributed by atoms with Gasteiger partial charge in [0.15, 0.2) is 0 Å². The lowest BCUT2D eigenvalue weighted by Crippen LogP contribution is -2.48. The molecule has 0 radical (unpaired) electrons. The zero-order valence-electron chi connectivity index (χ0n) is 19.1. The van der Waals surface area contributed by atoms with Gasteiger partial charge in [-0.3, -0.25) is 0 Å². The summed E-state index contributed by atoms with van der Waals surface area (Å²) >= 11 is 0. The second-order valence-corrected chi connectivity index (χ2v) is 11.7. The molecular weight excluding hydrogens is 503 g/mol. The molecule has 1 aliphatic rings. The molecule has 1 fully saturated rings. The van der Waals surface area contributed by atoms with Gasteiger partial charge < -0.3 is 15.2 Å². The molecule has 0 bridgehead atoms. The van der Waals surface area contributed by atoms with Crippen LogP contribution in [0.25, 0.3) is 0 Å². The lowest BCUT2D eigenvalue weighted by molar-refractivity contribution is -0.192. The minimum Gasteiger partial charge on any atom is -0.497 e. The van der Waals surface area contributed by atoms with Gasteiger partial charge in [0.2, 0.25) is 20.0 Å². The van der Waals surface area contributed by atoms with Crippen molar-refractivity contribution in [1.82, 2.24) is 13.9 Å². The second kappa shape index (κ2) is 12.7. The fraction of sp³-hybridized carbons (Fsp3) is 0.632. The Kier molecular flexibility index (Phi) is 11.2. The van der Waals surface area contributed by atoms with E-state index in [0.717, 1.165) is 0 Å². The third-order valence-electron chi connectivity index (χ3n) is 4.58. The van der Waals surface area contributed by atoms with Gasteiger partial charge in [0.05, 0.1) is 17.8 Å². The predicted molar refractivity (Wildman–Crippen MR) is 119 cm³/mol. The minimum atomic E-state index is -5.08. The Bertz CT molecular complexity index is 993. The van der Waals surface area contributed by atoms with Gasteiger partial charge in [-0.2, -0.15) is 21.8 Å². The van der Waals surface area contributed by atoms with Crippen LogP contribution in [0, 0.1) is 5.92 Å². The minimum absolute atomic E-state index is 0.0694. The van der Waals surface area contributed by atoms with Gasteiger partial charge in [-0.15, -0.1) is 0 Å². The molecular formula is C19H30F3N3O7S2. The van der Waals surface area contributed by atoms with Crippen LogP contribution in [0.1, 0.15) is 13.8 Å². The summed E-state index contributed by atoms with van der Waals surface area (Å²) < 4.78 is 90.7. The molecule has 0 amide bonds. The highest BCUT2D eigenvalue weighted by atomic mass is 32.2. The number of nitrogens with zero attached hydrogens (tertiary/aromatic N) is 2. The Morgan fingerprint density at radius 2 is 1.65 bits per heavy atom. The number of hydrogen-bond acceptors (Lipinski definition) is 7. The van der Waals surface area contributed by atoms with E-state index in [0.29, 0.717) is 31.9 Å². The molecule has 10 nitrogen and oxygen atoms in total. The van der Waals surface area contributed by atoms with Gasteiger partial charge in [-0.05, 0) is 30.2 Å². The maximum absolute atomic E-state index is 13.0. The SMILES string of the molecule is COc1ccc(S(=O)(=O)N(CCS(=O)(=O)N2CCNCC2)CC(C)C)cc1.O=C(O)C(F)(F)F. The summed E-state index contributed by atoms with van der Waals surface area (Å²) in [7, 11) is -5.78. The van der Waals surface area contributed by atoms with Crippen molar-refractivity contribution in [3.05, 3.63) is 24.3 Å². The first-order valence-corrected chi connectivity index (χ1v) is 13.3. The highest BCUT2D eigenvalue weighted by Crippen LogP contribution is 2.21. The van der Waals surface area contributed by atoms with Crippen LogP contribution >= 0.6 is 0 Å². The molecule has 1 aromatic rings. The van der Waals surface area contributed by atoms with Crippen molar-refractivity contribution in [3.8, 4) is 5.75 Å². The zero-order valence-corrected chi connectivity index (χ0v) is 20.7. The third-order valence-corrected chi connectivity index (χ3v) is 8.31. The molecule has 15 heteroatoms. The number of methoxy groups -OCH3 is 1. The molecule has 0 spiro atoms. The maximum atomic E-state index is 13.0. The van der Waals surface area contributed by atoms with Crippen LogP contribution < -0.4 is 10.1 Å². The van der Waals surface area contributed by atoms with E-state index < -0.39 is 32.2 Å². The van der Waals surface area contributed by atoms with Crippen LogP contribution in [0.5, 0.6) is 5.75 Å². The van der Waals surface area contributed by atoms with E-state index in [1.165, 1.54) is 27.9 Å². The first-order valence-electron chi connectivity index (χ1n) is 10.2. The Balaban J connectivity index is 0.000000718. The van der Waals surface area contributed by atoms with E-state index >= 15 is 0 Å². The standard InChI is InChI=1S/C17H29N3O5S2.C2HF3O2/c1-15(2)14-20(12-13-26(21,22)19-10-8-18-9-11-19)27(23,24)17-6-4-16(25-3)5-7-17;3-2(4,5)1(6)7/h4-7,15,18H,8-14H2,1-3H3;(H,6,7). The van der Waals surface area contributed by atoms with Gasteiger partial charge in [0, 0.05) is 39.3 Å². The van der Waals surface area contributed by atoms with Crippen molar-refractivity contribution in [2.75, 3.05) is 52.1 Å². The summed E-state index contributed by atoms with van der Waals surface area (Å²) in [5.74, 6) is -2.35. The summed E-state index contributed by atoms with van der Waals surface area (Å²) in [6.45, 7) is 6.04. The van der Waals surface area contributed by atoms with Crippen LogP contribution in [0.3, 0.4) is 0 Å². The smallest absolute Gasteiger partial charge is 0.490 e. The van der Waals surface area contributed by atoms with Crippen molar-refractivity contribution >= 4 is 26.0 Å². The van der Waals surface area contributed by atoms with Crippen molar-refractivity contribution in [2.45, 2.75) is 24.9 Å². The zero-order chi connectivity index (χ0) is 26.2. The number of ether oxygens (including phenoxy) is 1. The summed E-state index contributed by atoms with van der Waals surface area (Å²) in [5, 5.41) is 10.2. The van der Waals surface area contributed by atoms with Crippen LogP contribution in [0.4, 0.5) is 13.2 Å². The number of sulfonamides is 2. The fourth-order valence-electron chi connectivity index (χ4n) is 2.88. The highest BCUT2D eigenvalue weighted by Gasteiger charge is 2.38. The largest absolute Gasteiger partial charge is 0.497 e. The number of nitrogens with one attached hydrogen (secondary N) is 1. The van der Waals surface area contributed by atoms with E-state index in [1.807, 2.05) is 13.8 Å². The number of alkyl halides is 3. The Morgan fingerprint density at radius 3 is 2.06 bits per heavy atom. The number of aliphatic carboxylic acids is 1. The number of carboxylic acid groups (broad SMARTS) is 1. The maximum Gasteiger partial charge on any atom is 0.490 e. The molecule has 0 aliphatic carbocycles. The first kappa shape index (κ1) is 30.1. The van der Waals surface area contributed by atoms with Crippen molar-refractivity contribution in [3.63, 3.8) is 0 Å². The fourth-order valence-corrected chi connectivity index (χ4v) is 6.05. The molecule has 0 aromatic heterocycles. The van der Waals surface area contributed by atoms with Gasteiger partial charge in [0.1, 0.15) is 5.75 Å². The van der Waals surface area contributed by atoms with Crippen LogP contribution in [-0.4, -0.2) is 94.8 Å². The van der Waals surface area contributed by atoms with Crippen molar-refractivity contribution in [2.24, 2.45) is 5.92 Å². The Labute approximate surface area is 197 Å². The van der Waals surface area contributed by atoms with E-state index in [2.05, 4.69) is 5.32 Å². The third kappa shape index (κ3) is 9.37. The molecule has 1 heterocycles. The number of piperazine rings is 1. The van der Waals surface area contributed by atoms with Crippen molar-refractivity contribution < 1.29 is 44.6 Å². The van der Waals surface area contributed by atoms with Gasteiger partial charge >= 0.3 is 12.1 Å². The Hall–Kier alpha value is -1.94. The molecule has 0 unspecified atom stereocenters. The quantitative estimate of drug-likeness (QED) is 0.484. The first-order chi connectivity index (χ1) is 15.6. The van der Waals surface area contributed by atoms with E-state index in [9.17, 15) is 30.0 Å². The van der Waals surface area contributed by atoms with Gasteiger partial charge in [-0.25, -0.2) is 21.6 Å². The number of carbonyl (C=O) groups is 1. The van der Waals surface area contributed by atoms with Crippen molar-refractivity contribution in [1.29, 1.82) is 0 Å². The monoisotopic (exact) mass is 533 g/mol. The van der Waals surface area contributed by atoms with Crippen LogP contribution in [0.15, 0.2) is 29.2 Å². The predicted octanol–water partition coefficient (Wildman–Crippen LogP) is 1.21. The number of hydrogen-bond donors (Lipinski definition) is 2. The molecule has 196 valence electrons. The average molecular weight is 534 g/mol. The van der Waals surface area contributed by atoms with E-state index in [-0.39, 0.29) is 29.7 Å². The van der Waals surface area contributed by atoms with Gasteiger partial charge in [0.25, 0.3) is 0 Å². The highest BCUT2D eigenvalue weighted by molar-refractivity contribution is 7.90. The van der Waals surface area contributed by atoms with Gasteiger partial charge in [-0.1, -0.05) is 13.8 Å². The molecule has 34 heavy (non-hydrogen) atoms. The summed E-state index contributed by atoms with van der Waals surface area (Å²) in [6.07, 6.45) is -5.08. The topological polar surface area (TPSA) is 133 Å². The van der Waals surface area contributed by atoms with Crippen LogP contribution in [-0.2, 0) is 24.8 Å². The van der Waals surface area contributed by atoms with Crippen LogP contribution in [0.2, 0.25) is 0 Å². The number of benzene rings is 1. The number of carboxylic acids is 1. The summed E-state index contributed by atoms with van der Waals surface area (Å²) in [4.78, 5) is 9.02. The molecule has 0 atom stereocenters. The second-order valence-electron chi connectivity index (χ2n) is 7.70. The normalized spacial score (nSPS) is 15.6. The number of halogens is 3. The molecule has 2 rings (SSSR count). The van der Waals surface area contributed by atoms with E-state index in [4.69, 9.17) is 14.6 Å². The van der Waals surface area contributed by atoms with E-state index in [1.54, 1.807) is 12.1 Å². The molecule has 1 saturated heterocycles. The summed E-state index contributed by atoms with van der Waals surface area (Å²) in [5.41, 5.74) is 0. The lowest BCUT2D eigenvalue weighted by Gasteiger charge is -2.29. The molecule has 2 N–H and O–H groups in total. The molecule has 0 saturated carbocycles. The molecule has 1 aliphatic heterocycles. The molecule has 1 aromatic carbocycles. The Morgan fingerprint density at radius 1 is 1.15 bits per heavy atom. The average Bonchev–Trinajstić information content (AvgIpc) is 2.76.